The third kappa shape index (κ3) is 3.74. The molecule has 0 N–H and O–H groups in total. The van der Waals surface area contributed by atoms with Gasteiger partial charge in [0, 0.05) is 5.38 Å². The van der Waals surface area contributed by atoms with E-state index in [4.69, 9.17) is 11.6 Å². The highest BCUT2D eigenvalue weighted by atomic mass is 35.5. The largest absolute Gasteiger partial charge is 0.123 e. The lowest BCUT2D eigenvalue weighted by molar-refractivity contribution is 0.589. The van der Waals surface area contributed by atoms with Gasteiger partial charge in [-0.15, -0.1) is 11.6 Å². The molecule has 1 aliphatic rings. The molecule has 0 saturated heterocycles. The highest BCUT2D eigenvalue weighted by Gasteiger charge is 2.29. The van der Waals surface area contributed by atoms with Gasteiger partial charge < -0.3 is 0 Å². The van der Waals surface area contributed by atoms with Crippen molar-refractivity contribution in [2.45, 2.75) is 57.2 Å². The SMILES string of the molecule is CC(C)(C)c1ccc(CCC(Cl)C2CC2)cc1. The zero-order chi connectivity index (χ0) is 12.5. The number of benzene rings is 1. The van der Waals surface area contributed by atoms with Crippen molar-refractivity contribution in [2.75, 3.05) is 0 Å². The van der Waals surface area contributed by atoms with Gasteiger partial charge in [0.2, 0.25) is 0 Å². The molecular weight excluding hydrogens is 228 g/mol. The normalized spacial score (nSPS) is 18.1. The maximum absolute atomic E-state index is 6.33. The average molecular weight is 251 g/mol. The van der Waals surface area contributed by atoms with Crippen LogP contribution in [0.1, 0.15) is 51.2 Å². The lowest BCUT2D eigenvalue weighted by Gasteiger charge is -2.19. The quantitative estimate of drug-likeness (QED) is 0.665. The Bertz CT molecular complexity index is 354. The lowest BCUT2D eigenvalue weighted by Crippen LogP contribution is -2.10. The van der Waals surface area contributed by atoms with E-state index in [2.05, 4.69) is 45.0 Å². The van der Waals surface area contributed by atoms with Crippen LogP contribution in [0.25, 0.3) is 0 Å². The van der Waals surface area contributed by atoms with Gasteiger partial charge in [0.05, 0.1) is 0 Å². The minimum atomic E-state index is 0.252. The molecule has 1 aliphatic carbocycles. The number of hydrogen-bond acceptors (Lipinski definition) is 0. The van der Waals surface area contributed by atoms with E-state index in [0.29, 0.717) is 5.38 Å². The van der Waals surface area contributed by atoms with Crippen LogP contribution in [0.5, 0.6) is 0 Å². The van der Waals surface area contributed by atoms with Gasteiger partial charge in [-0.25, -0.2) is 0 Å². The zero-order valence-corrected chi connectivity index (χ0v) is 11.9. The summed E-state index contributed by atoms with van der Waals surface area (Å²) in [5.41, 5.74) is 3.08. The second-order valence-electron chi connectivity index (χ2n) is 6.34. The molecule has 1 unspecified atom stereocenters. The van der Waals surface area contributed by atoms with E-state index in [1.165, 1.54) is 24.0 Å². The van der Waals surface area contributed by atoms with Crippen LogP contribution >= 0.6 is 11.6 Å². The van der Waals surface area contributed by atoms with Crippen LogP contribution in [0.3, 0.4) is 0 Å². The first-order chi connectivity index (χ1) is 7.97. The van der Waals surface area contributed by atoms with Crippen molar-refractivity contribution in [1.29, 1.82) is 0 Å². The number of alkyl halides is 1. The number of aryl methyl sites for hydroxylation is 1. The van der Waals surface area contributed by atoms with Crippen LogP contribution in [0.4, 0.5) is 0 Å². The number of rotatable bonds is 4. The molecule has 0 aromatic heterocycles. The summed E-state index contributed by atoms with van der Waals surface area (Å²) in [6, 6.07) is 9.04. The van der Waals surface area contributed by atoms with Crippen molar-refractivity contribution in [2.24, 2.45) is 5.92 Å². The molecule has 0 heterocycles. The third-order valence-corrected chi connectivity index (χ3v) is 4.24. The van der Waals surface area contributed by atoms with Crippen molar-refractivity contribution in [1.82, 2.24) is 0 Å². The molecule has 0 spiro atoms. The molecule has 1 aromatic rings. The van der Waals surface area contributed by atoms with Crippen LogP contribution in [-0.2, 0) is 11.8 Å². The highest BCUT2D eigenvalue weighted by molar-refractivity contribution is 6.20. The Labute approximate surface area is 110 Å². The molecule has 0 nitrogen and oxygen atoms in total. The van der Waals surface area contributed by atoms with E-state index in [-0.39, 0.29) is 5.41 Å². The zero-order valence-electron chi connectivity index (χ0n) is 11.2. The van der Waals surface area contributed by atoms with Crippen molar-refractivity contribution in [3.8, 4) is 0 Å². The maximum atomic E-state index is 6.33. The van der Waals surface area contributed by atoms with Crippen LogP contribution < -0.4 is 0 Å². The topological polar surface area (TPSA) is 0 Å². The fourth-order valence-electron chi connectivity index (χ4n) is 2.17. The van der Waals surface area contributed by atoms with Gasteiger partial charge >= 0.3 is 0 Å². The number of hydrogen-bond donors (Lipinski definition) is 0. The minimum Gasteiger partial charge on any atom is -0.123 e. The molecule has 1 saturated carbocycles. The van der Waals surface area contributed by atoms with Crippen molar-refractivity contribution in [3.05, 3.63) is 35.4 Å². The summed E-state index contributed by atoms with van der Waals surface area (Å²) >= 11 is 6.33. The van der Waals surface area contributed by atoms with Crippen molar-refractivity contribution in [3.63, 3.8) is 0 Å². The summed E-state index contributed by atoms with van der Waals surface area (Å²) in [4.78, 5) is 0. The van der Waals surface area contributed by atoms with E-state index in [0.717, 1.165) is 18.8 Å². The monoisotopic (exact) mass is 250 g/mol. The molecular formula is C16H23Cl. The van der Waals surface area contributed by atoms with Crippen LogP contribution in [-0.4, -0.2) is 5.38 Å². The van der Waals surface area contributed by atoms with Gasteiger partial charge in [0.15, 0.2) is 0 Å². The predicted octanol–water partition coefficient (Wildman–Crippen LogP) is 4.93. The molecule has 1 fully saturated rings. The summed E-state index contributed by atoms with van der Waals surface area (Å²) < 4.78 is 0. The molecule has 0 amide bonds. The summed E-state index contributed by atoms with van der Waals surface area (Å²) in [5.74, 6) is 0.811. The maximum Gasteiger partial charge on any atom is 0.0367 e. The Balaban J connectivity index is 1.89. The first-order valence-electron chi connectivity index (χ1n) is 6.70. The Morgan fingerprint density at radius 2 is 1.76 bits per heavy atom. The average Bonchev–Trinajstić information content (AvgIpc) is 3.09. The van der Waals surface area contributed by atoms with E-state index in [1.54, 1.807) is 0 Å². The first-order valence-corrected chi connectivity index (χ1v) is 7.14. The van der Waals surface area contributed by atoms with Gasteiger partial charge in [-0.3, -0.25) is 0 Å². The molecule has 1 aromatic carbocycles. The Morgan fingerprint density at radius 1 is 1.18 bits per heavy atom. The Kier molecular flexibility index (Phi) is 3.82. The molecule has 1 heteroatoms. The molecule has 0 aliphatic heterocycles. The smallest absolute Gasteiger partial charge is 0.0367 e. The predicted molar refractivity (Wildman–Crippen MR) is 75.8 cm³/mol. The van der Waals surface area contributed by atoms with Crippen LogP contribution in [0.15, 0.2) is 24.3 Å². The first kappa shape index (κ1) is 13.0. The molecule has 17 heavy (non-hydrogen) atoms. The van der Waals surface area contributed by atoms with Crippen LogP contribution in [0, 0.1) is 5.92 Å². The second kappa shape index (κ2) is 5.02. The Morgan fingerprint density at radius 3 is 2.24 bits per heavy atom. The van der Waals surface area contributed by atoms with Gasteiger partial charge in [-0.05, 0) is 48.1 Å². The molecule has 0 radical (unpaired) electrons. The van der Waals surface area contributed by atoms with Gasteiger partial charge in [-0.2, -0.15) is 0 Å². The minimum absolute atomic E-state index is 0.252. The van der Waals surface area contributed by atoms with Gasteiger partial charge in [0.1, 0.15) is 0 Å². The molecule has 0 bridgehead atoms. The van der Waals surface area contributed by atoms with E-state index in [1.807, 2.05) is 0 Å². The van der Waals surface area contributed by atoms with Gasteiger partial charge in [-0.1, -0.05) is 45.0 Å². The fourth-order valence-corrected chi connectivity index (χ4v) is 2.53. The standard InChI is InChI=1S/C16H23Cl/c1-16(2,3)14-9-4-12(5-10-14)6-11-15(17)13-7-8-13/h4-5,9-10,13,15H,6-8,11H2,1-3H3. The molecule has 2 rings (SSSR count). The molecule has 94 valence electrons. The van der Waals surface area contributed by atoms with Crippen molar-refractivity contribution >= 4 is 11.6 Å². The molecule has 1 atom stereocenters. The second-order valence-corrected chi connectivity index (χ2v) is 6.90. The van der Waals surface area contributed by atoms with Crippen LogP contribution in [0.2, 0.25) is 0 Å². The lowest BCUT2D eigenvalue weighted by atomic mass is 9.86. The van der Waals surface area contributed by atoms with Crippen molar-refractivity contribution < 1.29 is 0 Å². The summed E-state index contributed by atoms with van der Waals surface area (Å²) in [6.45, 7) is 6.76. The summed E-state index contributed by atoms with van der Waals surface area (Å²) in [6.07, 6.45) is 4.93. The summed E-state index contributed by atoms with van der Waals surface area (Å²) in [5, 5.41) is 0.400. The Hall–Kier alpha value is -0.490. The van der Waals surface area contributed by atoms with E-state index in [9.17, 15) is 0 Å². The van der Waals surface area contributed by atoms with Gasteiger partial charge in [0.25, 0.3) is 0 Å². The number of halogens is 1. The highest BCUT2D eigenvalue weighted by Crippen LogP contribution is 2.37. The van der Waals surface area contributed by atoms with E-state index >= 15 is 0 Å². The van der Waals surface area contributed by atoms with E-state index < -0.39 is 0 Å². The fraction of sp³-hybridized carbons (Fsp3) is 0.625. The summed E-state index contributed by atoms with van der Waals surface area (Å²) in [7, 11) is 0. The third-order valence-electron chi connectivity index (χ3n) is 3.66.